The summed E-state index contributed by atoms with van der Waals surface area (Å²) < 4.78 is 34.3. The van der Waals surface area contributed by atoms with Crippen molar-refractivity contribution in [2.75, 3.05) is 47.5 Å². The number of carbonyl (C=O) groups excluding carboxylic acids is 2. The van der Waals surface area contributed by atoms with E-state index in [1.54, 1.807) is 0 Å². The highest BCUT2D eigenvalue weighted by Crippen LogP contribution is 2.38. The van der Waals surface area contributed by atoms with E-state index < -0.39 is 26.5 Å². The van der Waals surface area contributed by atoms with Crippen LogP contribution in [0.1, 0.15) is 373 Å². The summed E-state index contributed by atoms with van der Waals surface area (Å²) in [5, 5.41) is 0. The second kappa shape index (κ2) is 65.7. The number of nitrogens with zero attached hydrogens (tertiary/aromatic N) is 1. The van der Waals surface area contributed by atoms with E-state index in [1.807, 2.05) is 21.1 Å². The minimum Gasteiger partial charge on any atom is -0.756 e. The molecule has 0 rings (SSSR count). The molecule has 0 heterocycles. The summed E-state index contributed by atoms with van der Waals surface area (Å²) >= 11 is 0. The van der Waals surface area contributed by atoms with E-state index in [0.717, 1.165) is 70.6 Å². The van der Waals surface area contributed by atoms with Crippen LogP contribution in [0.2, 0.25) is 0 Å². The highest BCUT2D eigenvalue weighted by Gasteiger charge is 2.22. The van der Waals surface area contributed by atoms with Crippen molar-refractivity contribution >= 4 is 19.8 Å². The van der Waals surface area contributed by atoms with E-state index in [0.29, 0.717) is 17.4 Å². The summed E-state index contributed by atoms with van der Waals surface area (Å²) in [6.45, 7) is 4.25. The molecule has 0 aromatic heterocycles. The maximum absolute atomic E-state index is 12.8. The van der Waals surface area contributed by atoms with Crippen molar-refractivity contribution in [3.05, 3.63) is 36.5 Å². The number of hydrogen-bond acceptors (Lipinski definition) is 8. The third-order valence-electron chi connectivity index (χ3n) is 16.7. The topological polar surface area (TPSA) is 111 Å². The van der Waals surface area contributed by atoms with Gasteiger partial charge in [-0.05, 0) is 51.4 Å². The van der Waals surface area contributed by atoms with Crippen LogP contribution in [0.3, 0.4) is 0 Å². The van der Waals surface area contributed by atoms with Crippen LogP contribution >= 0.6 is 7.82 Å². The minimum absolute atomic E-state index is 0.0323. The van der Waals surface area contributed by atoms with Gasteiger partial charge in [-0.1, -0.05) is 346 Å². The Kier molecular flexibility index (Phi) is 64.3. The molecule has 0 aromatic rings. The smallest absolute Gasteiger partial charge is 0.306 e. The standard InChI is InChI=1S/C74H142NO8P/c1-6-8-10-12-14-16-18-20-22-24-26-27-28-29-30-31-32-33-34-35-36-37-38-39-40-41-42-43-44-45-46-47-49-50-52-54-56-58-60-62-64-66-73(76)80-70-72(71-82-84(78,79)81-69-68-75(3,4)5)83-74(77)67-65-63-61-59-57-55-53-51-48-25-23-21-19-17-15-13-11-9-7-2/h15,17,21,23,48,51,72H,6-14,16,18-20,22,24-47,49-50,52-71H2,1-5H3/b17-15-,23-21-,51-48-. The lowest BCUT2D eigenvalue weighted by Gasteiger charge is -2.28. The highest BCUT2D eigenvalue weighted by atomic mass is 31.2. The van der Waals surface area contributed by atoms with E-state index in [9.17, 15) is 19.0 Å². The Hall–Kier alpha value is -1.77. The van der Waals surface area contributed by atoms with E-state index in [2.05, 4.69) is 50.3 Å². The van der Waals surface area contributed by atoms with Crippen LogP contribution in [0.5, 0.6) is 0 Å². The third kappa shape index (κ3) is 69.3. The predicted molar refractivity (Wildman–Crippen MR) is 361 cm³/mol. The molecule has 0 amide bonds. The van der Waals surface area contributed by atoms with E-state index in [1.165, 1.54) is 270 Å². The second-order valence-electron chi connectivity index (χ2n) is 26.3. The van der Waals surface area contributed by atoms with Gasteiger partial charge in [0.15, 0.2) is 6.10 Å². The first-order chi connectivity index (χ1) is 41.0. The summed E-state index contributed by atoms with van der Waals surface area (Å²) in [7, 11) is 1.17. The van der Waals surface area contributed by atoms with Gasteiger partial charge in [0.1, 0.15) is 19.8 Å². The second-order valence-corrected chi connectivity index (χ2v) is 27.7. The van der Waals surface area contributed by atoms with Gasteiger partial charge >= 0.3 is 11.9 Å². The fourth-order valence-electron chi connectivity index (χ4n) is 11.0. The van der Waals surface area contributed by atoms with Gasteiger partial charge in [0, 0.05) is 12.8 Å². The Bertz CT molecular complexity index is 1510. The number of esters is 2. The first kappa shape index (κ1) is 82.2. The van der Waals surface area contributed by atoms with Crippen molar-refractivity contribution in [2.45, 2.75) is 380 Å². The van der Waals surface area contributed by atoms with E-state index in [4.69, 9.17) is 18.5 Å². The van der Waals surface area contributed by atoms with E-state index in [-0.39, 0.29) is 32.0 Å². The third-order valence-corrected chi connectivity index (χ3v) is 17.6. The van der Waals surface area contributed by atoms with E-state index >= 15 is 0 Å². The molecule has 0 saturated heterocycles. The number of phosphoric acid groups is 1. The molecule has 84 heavy (non-hydrogen) atoms. The molecule has 0 N–H and O–H groups in total. The van der Waals surface area contributed by atoms with Crippen LogP contribution in [0.25, 0.3) is 0 Å². The summed E-state index contributed by atoms with van der Waals surface area (Å²) in [6, 6.07) is 0. The van der Waals surface area contributed by atoms with Crippen molar-refractivity contribution in [1.29, 1.82) is 0 Å². The Morgan fingerprint density at radius 2 is 0.643 bits per heavy atom. The Morgan fingerprint density at radius 1 is 0.369 bits per heavy atom. The van der Waals surface area contributed by atoms with Crippen LogP contribution in [0.15, 0.2) is 36.5 Å². The normalized spacial score (nSPS) is 13.3. The number of rotatable bonds is 69. The fourth-order valence-corrected chi connectivity index (χ4v) is 11.8. The minimum atomic E-state index is -4.64. The number of ether oxygens (including phenoxy) is 2. The number of phosphoric ester groups is 1. The van der Waals surface area contributed by atoms with Gasteiger partial charge in [-0.25, -0.2) is 0 Å². The molecule has 0 radical (unpaired) electrons. The Labute approximate surface area is 522 Å². The molecule has 0 aliphatic heterocycles. The van der Waals surface area contributed by atoms with Crippen LogP contribution in [0.4, 0.5) is 0 Å². The molecule has 0 fully saturated rings. The molecule has 0 saturated carbocycles. The molecule has 0 spiro atoms. The van der Waals surface area contributed by atoms with Crippen molar-refractivity contribution in [1.82, 2.24) is 0 Å². The number of unbranched alkanes of at least 4 members (excludes halogenated alkanes) is 49. The SMILES string of the molecule is CCCCC/C=C\C/C=C\C/C=C\CCCCCCCCC(=O)OC(COC(=O)CCCCCCCCCCCCCCCCCCCCCCCCCCCCCCCCCCCCCCCCCCC)COP(=O)([O-])OCC[N+](C)(C)C. The zero-order chi connectivity index (χ0) is 61.2. The maximum atomic E-state index is 12.8. The molecule has 10 heteroatoms. The number of quaternary nitrogens is 1. The number of likely N-dealkylation sites (N-methyl/N-ethyl adjacent to an activating group) is 1. The average Bonchev–Trinajstić information content (AvgIpc) is 3.61. The van der Waals surface area contributed by atoms with Crippen LogP contribution in [-0.2, 0) is 32.7 Å². The zero-order valence-electron chi connectivity index (χ0n) is 56.6. The predicted octanol–water partition coefficient (Wildman–Crippen LogP) is 23.2. The van der Waals surface area contributed by atoms with Gasteiger partial charge in [0.05, 0.1) is 27.7 Å². The van der Waals surface area contributed by atoms with Gasteiger partial charge in [0.2, 0.25) is 0 Å². The molecular weight excluding hydrogens is 1060 g/mol. The molecule has 0 aromatic carbocycles. The summed E-state index contributed by atoms with van der Waals surface area (Å²) in [6.07, 6.45) is 84.1. The number of hydrogen-bond donors (Lipinski definition) is 0. The molecular formula is C74H142NO8P. The summed E-state index contributed by atoms with van der Waals surface area (Å²) in [5.41, 5.74) is 0. The number of carbonyl (C=O) groups is 2. The van der Waals surface area contributed by atoms with Gasteiger partial charge < -0.3 is 27.9 Å². The molecule has 2 unspecified atom stereocenters. The van der Waals surface area contributed by atoms with Crippen molar-refractivity contribution in [3.8, 4) is 0 Å². The van der Waals surface area contributed by atoms with Crippen LogP contribution in [0, 0.1) is 0 Å². The van der Waals surface area contributed by atoms with Crippen molar-refractivity contribution in [3.63, 3.8) is 0 Å². The summed E-state index contributed by atoms with van der Waals surface area (Å²) in [5.74, 6) is -0.832. The highest BCUT2D eigenvalue weighted by molar-refractivity contribution is 7.45. The lowest BCUT2D eigenvalue weighted by Crippen LogP contribution is -2.37. The number of allylic oxidation sites excluding steroid dienone is 6. The monoisotopic (exact) mass is 1200 g/mol. The molecule has 9 nitrogen and oxygen atoms in total. The lowest BCUT2D eigenvalue weighted by atomic mass is 10.0. The Balaban J connectivity index is 3.85. The fraction of sp³-hybridized carbons (Fsp3) is 0.892. The molecule has 2 atom stereocenters. The van der Waals surface area contributed by atoms with Gasteiger partial charge in [-0.2, -0.15) is 0 Å². The average molecular weight is 1200 g/mol. The van der Waals surface area contributed by atoms with Gasteiger partial charge in [-0.15, -0.1) is 0 Å². The lowest BCUT2D eigenvalue weighted by molar-refractivity contribution is -0.870. The van der Waals surface area contributed by atoms with Crippen molar-refractivity contribution in [2.24, 2.45) is 0 Å². The largest absolute Gasteiger partial charge is 0.756 e. The maximum Gasteiger partial charge on any atom is 0.306 e. The first-order valence-electron chi connectivity index (χ1n) is 36.7. The Morgan fingerprint density at radius 3 is 0.976 bits per heavy atom. The quantitative estimate of drug-likeness (QED) is 0.0195. The first-order valence-corrected chi connectivity index (χ1v) is 38.2. The molecule has 0 bridgehead atoms. The summed E-state index contributed by atoms with van der Waals surface area (Å²) in [4.78, 5) is 38.0. The molecule has 0 aliphatic carbocycles. The zero-order valence-corrected chi connectivity index (χ0v) is 57.5. The van der Waals surface area contributed by atoms with Crippen LogP contribution in [-0.4, -0.2) is 70.0 Å². The van der Waals surface area contributed by atoms with Gasteiger partial charge in [0.25, 0.3) is 7.82 Å². The van der Waals surface area contributed by atoms with Crippen molar-refractivity contribution < 1.29 is 42.1 Å². The molecule has 0 aliphatic rings. The van der Waals surface area contributed by atoms with Gasteiger partial charge in [-0.3, -0.25) is 14.2 Å². The van der Waals surface area contributed by atoms with Crippen LogP contribution < -0.4 is 4.89 Å². The molecule has 496 valence electrons.